The van der Waals surface area contributed by atoms with Crippen LogP contribution in [0.15, 0.2) is 18.2 Å². The molecular weight excluding hydrogens is 235 g/mol. The third-order valence-corrected chi connectivity index (χ3v) is 2.45. The van der Waals surface area contributed by atoms with E-state index < -0.39 is 18.3 Å². The molecule has 0 bridgehead atoms. The van der Waals surface area contributed by atoms with Crippen molar-refractivity contribution in [2.24, 2.45) is 0 Å². The summed E-state index contributed by atoms with van der Waals surface area (Å²) in [5, 5.41) is 17.6. The van der Waals surface area contributed by atoms with Crippen molar-refractivity contribution in [3.8, 4) is 0 Å². The molecule has 96 valence electrons. The van der Waals surface area contributed by atoms with Gasteiger partial charge in [0.05, 0.1) is 18.8 Å². The SMILES string of the molecule is CN(CCO)c1ccc(CO)c(C(F)(F)F)c1. The second-order valence-electron chi connectivity index (χ2n) is 3.64. The summed E-state index contributed by atoms with van der Waals surface area (Å²) in [7, 11) is 1.59. The van der Waals surface area contributed by atoms with E-state index in [1.54, 1.807) is 7.05 Å². The van der Waals surface area contributed by atoms with Gasteiger partial charge in [0.1, 0.15) is 0 Å². The molecule has 0 atom stereocenters. The third kappa shape index (κ3) is 3.34. The third-order valence-electron chi connectivity index (χ3n) is 2.45. The maximum Gasteiger partial charge on any atom is 0.416 e. The number of aliphatic hydroxyl groups excluding tert-OH is 2. The first-order valence-electron chi connectivity index (χ1n) is 5.03. The molecular formula is C11H14F3NO2. The Morgan fingerprint density at radius 2 is 1.88 bits per heavy atom. The van der Waals surface area contributed by atoms with Crippen LogP contribution in [0.4, 0.5) is 18.9 Å². The van der Waals surface area contributed by atoms with E-state index >= 15 is 0 Å². The maximum atomic E-state index is 12.7. The molecule has 3 nitrogen and oxygen atoms in total. The number of nitrogens with zero attached hydrogens (tertiary/aromatic N) is 1. The smallest absolute Gasteiger partial charge is 0.395 e. The quantitative estimate of drug-likeness (QED) is 0.852. The second kappa shape index (κ2) is 5.37. The monoisotopic (exact) mass is 249 g/mol. The molecule has 2 N–H and O–H groups in total. The Morgan fingerprint density at radius 3 is 2.35 bits per heavy atom. The zero-order valence-corrected chi connectivity index (χ0v) is 9.33. The number of benzene rings is 1. The van der Waals surface area contributed by atoms with Crippen LogP contribution < -0.4 is 4.90 Å². The number of hydrogen-bond acceptors (Lipinski definition) is 3. The molecule has 0 aromatic heterocycles. The molecule has 0 saturated carbocycles. The van der Waals surface area contributed by atoms with E-state index in [1.165, 1.54) is 17.0 Å². The zero-order chi connectivity index (χ0) is 13.1. The summed E-state index contributed by atoms with van der Waals surface area (Å²) in [6.45, 7) is -0.547. The van der Waals surface area contributed by atoms with Gasteiger partial charge >= 0.3 is 6.18 Å². The highest BCUT2D eigenvalue weighted by atomic mass is 19.4. The number of hydrogen-bond donors (Lipinski definition) is 2. The molecule has 0 radical (unpaired) electrons. The molecule has 1 aromatic carbocycles. The lowest BCUT2D eigenvalue weighted by Gasteiger charge is -2.20. The molecule has 0 aliphatic rings. The molecule has 0 aliphatic heterocycles. The summed E-state index contributed by atoms with van der Waals surface area (Å²) in [6.07, 6.45) is -4.49. The highest BCUT2D eigenvalue weighted by Gasteiger charge is 2.33. The van der Waals surface area contributed by atoms with Crippen LogP contribution in [-0.2, 0) is 12.8 Å². The number of alkyl halides is 3. The van der Waals surface area contributed by atoms with Crippen molar-refractivity contribution in [2.45, 2.75) is 12.8 Å². The van der Waals surface area contributed by atoms with Crippen LogP contribution in [0.3, 0.4) is 0 Å². The summed E-state index contributed by atoms with van der Waals surface area (Å²) >= 11 is 0. The van der Waals surface area contributed by atoms with Gasteiger partial charge in [-0.05, 0) is 17.7 Å². The van der Waals surface area contributed by atoms with Gasteiger partial charge in [-0.1, -0.05) is 6.07 Å². The summed E-state index contributed by atoms with van der Waals surface area (Å²) in [5.41, 5.74) is -0.649. The number of likely N-dealkylation sites (N-methyl/N-ethyl adjacent to an activating group) is 1. The van der Waals surface area contributed by atoms with E-state index in [0.717, 1.165) is 6.07 Å². The van der Waals surface area contributed by atoms with Crippen LogP contribution >= 0.6 is 0 Å². The van der Waals surface area contributed by atoms with Crippen molar-refractivity contribution < 1.29 is 23.4 Å². The minimum absolute atomic E-state index is 0.139. The predicted molar refractivity (Wildman–Crippen MR) is 57.7 cm³/mol. The Balaban J connectivity index is 3.13. The second-order valence-corrected chi connectivity index (χ2v) is 3.64. The van der Waals surface area contributed by atoms with E-state index in [0.29, 0.717) is 5.69 Å². The topological polar surface area (TPSA) is 43.7 Å². The molecule has 17 heavy (non-hydrogen) atoms. The Kier molecular flexibility index (Phi) is 4.36. The fourth-order valence-corrected chi connectivity index (χ4v) is 1.48. The number of halogens is 3. The highest BCUT2D eigenvalue weighted by Crippen LogP contribution is 2.34. The molecule has 6 heteroatoms. The summed E-state index contributed by atoms with van der Waals surface area (Å²) in [6, 6.07) is 3.70. The van der Waals surface area contributed by atoms with Gasteiger partial charge in [0, 0.05) is 19.3 Å². The Morgan fingerprint density at radius 1 is 1.24 bits per heavy atom. The number of anilines is 1. The molecule has 1 aromatic rings. The van der Waals surface area contributed by atoms with Gasteiger partial charge in [-0.3, -0.25) is 0 Å². The zero-order valence-electron chi connectivity index (χ0n) is 9.33. The van der Waals surface area contributed by atoms with Gasteiger partial charge in [-0.2, -0.15) is 13.2 Å². The number of aliphatic hydroxyl groups is 2. The molecule has 0 aliphatic carbocycles. The Bertz CT molecular complexity index is 379. The summed E-state index contributed by atoms with van der Waals surface area (Å²) in [4.78, 5) is 1.51. The highest BCUT2D eigenvalue weighted by molar-refractivity contribution is 5.51. The maximum absolute atomic E-state index is 12.7. The first-order chi connectivity index (χ1) is 7.90. The first kappa shape index (κ1) is 13.8. The molecule has 0 heterocycles. The van der Waals surface area contributed by atoms with Crippen molar-refractivity contribution in [3.05, 3.63) is 29.3 Å². The van der Waals surface area contributed by atoms with Crippen molar-refractivity contribution >= 4 is 5.69 Å². The fourth-order valence-electron chi connectivity index (χ4n) is 1.48. The molecule has 0 spiro atoms. The molecule has 0 unspecified atom stereocenters. The van der Waals surface area contributed by atoms with E-state index in [-0.39, 0.29) is 18.7 Å². The largest absolute Gasteiger partial charge is 0.416 e. The van der Waals surface area contributed by atoms with E-state index in [1.807, 2.05) is 0 Å². The average Bonchev–Trinajstić information content (AvgIpc) is 2.27. The lowest BCUT2D eigenvalue weighted by atomic mass is 10.1. The van der Waals surface area contributed by atoms with E-state index in [9.17, 15) is 13.2 Å². The predicted octanol–water partition coefficient (Wildman–Crippen LogP) is 1.63. The Labute approximate surface area is 97.1 Å². The molecule has 0 amide bonds. The standard InChI is InChI=1S/C11H14F3NO2/c1-15(4-5-16)9-3-2-8(7-17)10(6-9)11(12,13)14/h2-3,6,16-17H,4-5,7H2,1H3. The van der Waals surface area contributed by atoms with Gasteiger partial charge < -0.3 is 15.1 Å². The lowest BCUT2D eigenvalue weighted by Crippen LogP contribution is -2.22. The lowest BCUT2D eigenvalue weighted by molar-refractivity contribution is -0.138. The van der Waals surface area contributed by atoms with Crippen molar-refractivity contribution in [1.29, 1.82) is 0 Å². The van der Waals surface area contributed by atoms with Crippen molar-refractivity contribution in [2.75, 3.05) is 25.1 Å². The van der Waals surface area contributed by atoms with Gasteiger partial charge in [0.2, 0.25) is 0 Å². The molecule has 0 saturated heterocycles. The van der Waals surface area contributed by atoms with Gasteiger partial charge in [-0.15, -0.1) is 0 Å². The minimum atomic E-state index is -4.49. The van der Waals surface area contributed by atoms with Crippen molar-refractivity contribution in [1.82, 2.24) is 0 Å². The van der Waals surface area contributed by atoms with Crippen LogP contribution in [0.2, 0.25) is 0 Å². The van der Waals surface area contributed by atoms with Gasteiger partial charge in [-0.25, -0.2) is 0 Å². The van der Waals surface area contributed by atoms with Crippen LogP contribution in [0, 0.1) is 0 Å². The minimum Gasteiger partial charge on any atom is -0.395 e. The fraction of sp³-hybridized carbons (Fsp3) is 0.455. The van der Waals surface area contributed by atoms with Crippen LogP contribution in [0.5, 0.6) is 0 Å². The van der Waals surface area contributed by atoms with Crippen molar-refractivity contribution in [3.63, 3.8) is 0 Å². The summed E-state index contributed by atoms with van der Waals surface area (Å²) < 4.78 is 38.1. The summed E-state index contributed by atoms with van der Waals surface area (Å²) in [5.74, 6) is 0. The Hall–Kier alpha value is -1.27. The van der Waals surface area contributed by atoms with Crippen LogP contribution in [0.1, 0.15) is 11.1 Å². The van der Waals surface area contributed by atoms with E-state index in [2.05, 4.69) is 0 Å². The van der Waals surface area contributed by atoms with Crippen LogP contribution in [0.25, 0.3) is 0 Å². The molecule has 0 fully saturated rings. The first-order valence-corrected chi connectivity index (χ1v) is 5.03. The molecule has 1 rings (SSSR count). The van der Waals surface area contributed by atoms with Gasteiger partial charge in [0.15, 0.2) is 0 Å². The van der Waals surface area contributed by atoms with Crippen LogP contribution in [-0.4, -0.2) is 30.4 Å². The average molecular weight is 249 g/mol. The normalized spacial score (nSPS) is 11.6. The van der Waals surface area contributed by atoms with Gasteiger partial charge in [0.25, 0.3) is 0 Å². The number of rotatable bonds is 4. The van der Waals surface area contributed by atoms with E-state index in [4.69, 9.17) is 10.2 Å².